The molecule has 1 atom stereocenters. The molecule has 2 heterocycles. The molecule has 1 aromatic heterocycles. The van der Waals surface area contributed by atoms with Crippen LogP contribution in [0.15, 0.2) is 23.2 Å². The normalized spacial score (nSPS) is 20.6. The number of carbonyl (C=O) groups excluding carboxylic acids is 1. The molecule has 1 aliphatic heterocycles. The SMILES string of the molecule is NCc1ncccc1S(=O)(=O)N1CCC(C(N)=O)C1. The van der Waals surface area contributed by atoms with Crippen molar-refractivity contribution < 1.29 is 13.2 Å². The molecule has 0 spiro atoms. The molecule has 7 nitrogen and oxygen atoms in total. The van der Waals surface area contributed by atoms with Crippen LogP contribution in [-0.2, 0) is 21.4 Å². The number of hydrogen-bond donors (Lipinski definition) is 2. The third-order valence-electron chi connectivity index (χ3n) is 3.21. The summed E-state index contributed by atoms with van der Waals surface area (Å²) in [5.74, 6) is -0.893. The first-order chi connectivity index (χ1) is 8.96. The van der Waals surface area contributed by atoms with E-state index in [1.54, 1.807) is 6.07 Å². The van der Waals surface area contributed by atoms with Crippen molar-refractivity contribution in [3.05, 3.63) is 24.0 Å². The molecule has 0 aromatic carbocycles. The molecule has 2 rings (SSSR count). The summed E-state index contributed by atoms with van der Waals surface area (Å²) < 4.78 is 26.2. The van der Waals surface area contributed by atoms with E-state index in [-0.39, 0.29) is 24.5 Å². The number of nitrogens with zero attached hydrogens (tertiary/aromatic N) is 2. The number of carbonyl (C=O) groups is 1. The van der Waals surface area contributed by atoms with Crippen molar-refractivity contribution in [3.63, 3.8) is 0 Å². The molecule has 104 valence electrons. The molecule has 19 heavy (non-hydrogen) atoms. The first kappa shape index (κ1) is 13.9. The Bertz CT molecular complexity index is 587. The number of hydrogen-bond acceptors (Lipinski definition) is 5. The fraction of sp³-hybridized carbons (Fsp3) is 0.455. The minimum absolute atomic E-state index is 0.0441. The van der Waals surface area contributed by atoms with Gasteiger partial charge in [0.05, 0.1) is 11.6 Å². The standard InChI is InChI=1S/C11H16N4O3S/c12-6-9-10(2-1-4-14-9)19(17,18)15-5-3-8(7-15)11(13)16/h1-2,4,8H,3,5-7,12H2,(H2,13,16). The largest absolute Gasteiger partial charge is 0.369 e. The number of nitrogens with two attached hydrogens (primary N) is 2. The van der Waals surface area contributed by atoms with Gasteiger partial charge in [0, 0.05) is 25.8 Å². The van der Waals surface area contributed by atoms with E-state index in [1.165, 1.54) is 16.6 Å². The highest BCUT2D eigenvalue weighted by Crippen LogP contribution is 2.25. The van der Waals surface area contributed by atoms with Crippen molar-refractivity contribution in [2.24, 2.45) is 17.4 Å². The van der Waals surface area contributed by atoms with E-state index in [0.29, 0.717) is 12.1 Å². The van der Waals surface area contributed by atoms with Crippen molar-refractivity contribution in [3.8, 4) is 0 Å². The highest BCUT2D eigenvalue weighted by Gasteiger charge is 2.35. The average Bonchev–Trinajstić information content (AvgIpc) is 2.89. The highest BCUT2D eigenvalue weighted by molar-refractivity contribution is 7.89. The van der Waals surface area contributed by atoms with Crippen molar-refractivity contribution in [2.45, 2.75) is 17.9 Å². The Kier molecular flexibility index (Phi) is 3.83. The summed E-state index contributed by atoms with van der Waals surface area (Å²) >= 11 is 0. The zero-order valence-corrected chi connectivity index (χ0v) is 11.1. The molecule has 4 N–H and O–H groups in total. The van der Waals surface area contributed by atoms with E-state index in [4.69, 9.17) is 11.5 Å². The highest BCUT2D eigenvalue weighted by atomic mass is 32.2. The van der Waals surface area contributed by atoms with Crippen LogP contribution in [0.4, 0.5) is 0 Å². The van der Waals surface area contributed by atoms with E-state index in [1.807, 2.05) is 0 Å². The van der Waals surface area contributed by atoms with Crippen LogP contribution in [0.2, 0.25) is 0 Å². The summed E-state index contributed by atoms with van der Waals surface area (Å²) in [5.41, 5.74) is 11.0. The quantitative estimate of drug-likeness (QED) is 0.737. The van der Waals surface area contributed by atoms with Crippen molar-refractivity contribution >= 4 is 15.9 Å². The fourth-order valence-corrected chi connectivity index (χ4v) is 3.81. The summed E-state index contributed by atoms with van der Waals surface area (Å²) in [6, 6.07) is 3.02. The zero-order valence-electron chi connectivity index (χ0n) is 10.3. The van der Waals surface area contributed by atoms with Crippen LogP contribution in [0.3, 0.4) is 0 Å². The summed E-state index contributed by atoms with van der Waals surface area (Å²) in [6.45, 7) is 0.452. The monoisotopic (exact) mass is 284 g/mol. The minimum Gasteiger partial charge on any atom is -0.369 e. The second-order valence-electron chi connectivity index (χ2n) is 4.40. The van der Waals surface area contributed by atoms with Crippen molar-refractivity contribution in [1.82, 2.24) is 9.29 Å². The maximum absolute atomic E-state index is 12.5. The van der Waals surface area contributed by atoms with Crippen molar-refractivity contribution in [2.75, 3.05) is 13.1 Å². The third-order valence-corrected chi connectivity index (χ3v) is 5.15. The Balaban J connectivity index is 2.31. The summed E-state index contributed by atoms with van der Waals surface area (Å²) in [6.07, 6.45) is 1.95. The van der Waals surface area contributed by atoms with Gasteiger partial charge >= 0.3 is 0 Å². The molecular weight excluding hydrogens is 268 g/mol. The molecule has 1 saturated heterocycles. The summed E-state index contributed by atoms with van der Waals surface area (Å²) in [5, 5.41) is 0. The van der Waals surface area contributed by atoms with E-state index in [0.717, 1.165) is 0 Å². The summed E-state index contributed by atoms with van der Waals surface area (Å²) in [7, 11) is -3.66. The first-order valence-electron chi connectivity index (χ1n) is 5.90. The second-order valence-corrected chi connectivity index (χ2v) is 6.31. The smallest absolute Gasteiger partial charge is 0.244 e. The first-order valence-corrected chi connectivity index (χ1v) is 7.34. The van der Waals surface area contributed by atoms with Crippen LogP contribution in [0.25, 0.3) is 0 Å². The Morgan fingerprint density at radius 2 is 2.26 bits per heavy atom. The van der Waals surface area contributed by atoms with Crippen LogP contribution in [-0.4, -0.2) is 36.7 Å². The lowest BCUT2D eigenvalue weighted by molar-refractivity contribution is -0.121. The molecule has 0 aliphatic carbocycles. The van der Waals surface area contributed by atoms with Crippen molar-refractivity contribution in [1.29, 1.82) is 0 Å². The lowest BCUT2D eigenvalue weighted by Crippen LogP contribution is -2.32. The van der Waals surface area contributed by atoms with Crippen LogP contribution in [0.1, 0.15) is 12.1 Å². The Morgan fingerprint density at radius 1 is 1.53 bits per heavy atom. The maximum Gasteiger partial charge on any atom is 0.244 e. The van der Waals surface area contributed by atoms with E-state index in [2.05, 4.69) is 4.98 Å². The number of sulfonamides is 1. The second kappa shape index (κ2) is 5.24. The van der Waals surface area contributed by atoms with Gasteiger partial charge in [0.1, 0.15) is 4.90 Å². The molecule has 0 saturated carbocycles. The zero-order chi connectivity index (χ0) is 14.0. The maximum atomic E-state index is 12.5. The average molecular weight is 284 g/mol. The van der Waals surface area contributed by atoms with E-state index in [9.17, 15) is 13.2 Å². The van der Waals surface area contributed by atoms with Gasteiger partial charge in [0.25, 0.3) is 0 Å². The molecule has 1 unspecified atom stereocenters. The molecule has 1 aromatic rings. The Hall–Kier alpha value is -1.51. The van der Waals surface area contributed by atoms with Gasteiger partial charge in [-0.2, -0.15) is 4.31 Å². The number of primary amides is 1. The van der Waals surface area contributed by atoms with Gasteiger partial charge in [-0.1, -0.05) is 0 Å². The summed E-state index contributed by atoms with van der Waals surface area (Å²) in [4.78, 5) is 15.2. The van der Waals surface area contributed by atoms with Crippen LogP contribution >= 0.6 is 0 Å². The van der Waals surface area contributed by atoms with Crippen LogP contribution in [0, 0.1) is 5.92 Å². The number of rotatable bonds is 4. The lowest BCUT2D eigenvalue weighted by Gasteiger charge is -2.17. The lowest BCUT2D eigenvalue weighted by atomic mass is 10.1. The molecular formula is C11H16N4O3S. The van der Waals surface area contributed by atoms with E-state index >= 15 is 0 Å². The predicted octanol–water partition coefficient (Wildman–Crippen LogP) is -0.964. The third kappa shape index (κ3) is 2.60. The molecule has 1 amide bonds. The molecule has 8 heteroatoms. The topological polar surface area (TPSA) is 119 Å². The molecule has 1 aliphatic rings. The van der Waals surface area contributed by atoms with Gasteiger partial charge in [0.15, 0.2) is 0 Å². The van der Waals surface area contributed by atoms with Gasteiger partial charge < -0.3 is 11.5 Å². The van der Waals surface area contributed by atoms with Gasteiger partial charge in [-0.05, 0) is 18.6 Å². The minimum atomic E-state index is -3.66. The van der Waals surface area contributed by atoms with Gasteiger partial charge in [-0.3, -0.25) is 9.78 Å². The number of pyridine rings is 1. The molecule has 0 radical (unpaired) electrons. The number of aromatic nitrogens is 1. The van der Waals surface area contributed by atoms with Gasteiger partial charge in [-0.15, -0.1) is 0 Å². The molecule has 1 fully saturated rings. The number of amides is 1. The van der Waals surface area contributed by atoms with Crippen LogP contribution < -0.4 is 11.5 Å². The Morgan fingerprint density at radius 3 is 2.84 bits per heavy atom. The Labute approximate surface area is 111 Å². The fourth-order valence-electron chi connectivity index (χ4n) is 2.13. The van der Waals surface area contributed by atoms with Gasteiger partial charge in [-0.25, -0.2) is 8.42 Å². The molecule has 0 bridgehead atoms. The van der Waals surface area contributed by atoms with Crippen LogP contribution in [0.5, 0.6) is 0 Å². The predicted molar refractivity (Wildman–Crippen MR) is 68.2 cm³/mol. The van der Waals surface area contributed by atoms with E-state index < -0.39 is 21.8 Å². The van der Waals surface area contributed by atoms with Gasteiger partial charge in [0.2, 0.25) is 15.9 Å².